The number of hydrogen-bond donors (Lipinski definition) is 2. The molecule has 3 N–H and O–H groups in total. The van der Waals surface area contributed by atoms with Gasteiger partial charge in [0.25, 0.3) is 0 Å². The van der Waals surface area contributed by atoms with E-state index in [1.54, 1.807) is 6.92 Å². The lowest BCUT2D eigenvalue weighted by Crippen LogP contribution is -2.45. The summed E-state index contributed by atoms with van der Waals surface area (Å²) in [6, 6.07) is 0. The number of nitrogens with two attached hydrogens (primary N) is 1. The Labute approximate surface area is 117 Å². The van der Waals surface area contributed by atoms with Crippen LogP contribution in [0.2, 0.25) is 0 Å². The van der Waals surface area contributed by atoms with E-state index in [1.807, 2.05) is 6.92 Å². The van der Waals surface area contributed by atoms with Crippen LogP contribution in [0.5, 0.6) is 0 Å². The van der Waals surface area contributed by atoms with Crippen molar-refractivity contribution in [2.75, 3.05) is 32.7 Å². The molecule has 0 saturated carbocycles. The Bertz CT molecular complexity index is 329. The first kappa shape index (κ1) is 17.2. The monoisotopic (exact) mass is 295 g/mol. The van der Waals surface area contributed by atoms with Crippen molar-refractivity contribution in [2.24, 2.45) is 17.1 Å². The average molecular weight is 295 g/mol. The number of nitrogens with one attached hydrogen (secondary N) is 1. The summed E-state index contributed by atoms with van der Waals surface area (Å²) in [5.41, 5.74) is 5.01. The Morgan fingerprint density at radius 2 is 2.10 bits per heavy atom. The molecule has 118 valence electrons. The van der Waals surface area contributed by atoms with Crippen LogP contribution in [0.4, 0.5) is 13.2 Å². The van der Waals surface area contributed by atoms with Gasteiger partial charge < -0.3 is 11.1 Å². The van der Waals surface area contributed by atoms with Crippen molar-refractivity contribution in [1.29, 1.82) is 0 Å². The largest absolute Gasteiger partial charge is 0.401 e. The minimum absolute atomic E-state index is 0.0835. The number of rotatable bonds is 6. The molecular weight excluding hydrogens is 271 g/mol. The van der Waals surface area contributed by atoms with E-state index in [9.17, 15) is 18.0 Å². The highest BCUT2D eigenvalue weighted by Crippen LogP contribution is 2.23. The predicted molar refractivity (Wildman–Crippen MR) is 71.1 cm³/mol. The zero-order chi connectivity index (χ0) is 15.4. The van der Waals surface area contributed by atoms with E-state index in [-0.39, 0.29) is 18.4 Å². The van der Waals surface area contributed by atoms with Gasteiger partial charge in [-0.3, -0.25) is 9.69 Å². The lowest BCUT2D eigenvalue weighted by molar-refractivity contribution is -0.144. The lowest BCUT2D eigenvalue weighted by atomic mass is 9.86. The molecule has 1 heterocycles. The van der Waals surface area contributed by atoms with Crippen molar-refractivity contribution < 1.29 is 18.0 Å². The number of alkyl halides is 3. The molecule has 0 aromatic carbocycles. The van der Waals surface area contributed by atoms with Crippen LogP contribution in [-0.4, -0.2) is 49.7 Å². The van der Waals surface area contributed by atoms with Gasteiger partial charge in [-0.1, -0.05) is 6.92 Å². The van der Waals surface area contributed by atoms with Gasteiger partial charge in [-0.15, -0.1) is 0 Å². The molecule has 0 spiro atoms. The van der Waals surface area contributed by atoms with Crippen LogP contribution in [0.25, 0.3) is 0 Å². The van der Waals surface area contributed by atoms with Crippen molar-refractivity contribution in [3.8, 4) is 0 Å². The Kier molecular flexibility index (Phi) is 5.82. The number of likely N-dealkylation sites (tertiary alicyclic amines) is 1. The predicted octanol–water partition coefficient (Wildman–Crippen LogP) is 1.36. The minimum atomic E-state index is -4.15. The topological polar surface area (TPSA) is 58.4 Å². The van der Waals surface area contributed by atoms with E-state index in [0.717, 1.165) is 0 Å². The summed E-state index contributed by atoms with van der Waals surface area (Å²) in [7, 11) is 0. The molecule has 1 aliphatic heterocycles. The third-order valence-electron chi connectivity index (χ3n) is 4.10. The Hall–Kier alpha value is -0.820. The fourth-order valence-corrected chi connectivity index (χ4v) is 2.32. The number of carbonyl (C=O) groups is 1. The van der Waals surface area contributed by atoms with Crippen LogP contribution in [0.1, 0.15) is 26.7 Å². The molecule has 0 radical (unpaired) electrons. The van der Waals surface area contributed by atoms with E-state index in [1.165, 1.54) is 4.90 Å². The molecule has 4 nitrogen and oxygen atoms in total. The lowest BCUT2D eigenvalue weighted by Gasteiger charge is -2.26. The van der Waals surface area contributed by atoms with Crippen LogP contribution < -0.4 is 11.1 Å². The molecule has 0 aromatic heterocycles. The zero-order valence-electron chi connectivity index (χ0n) is 12.1. The van der Waals surface area contributed by atoms with Gasteiger partial charge in [-0.25, -0.2) is 0 Å². The number of hydrogen-bond acceptors (Lipinski definition) is 3. The first-order chi connectivity index (χ1) is 9.20. The van der Waals surface area contributed by atoms with Gasteiger partial charge in [-0.2, -0.15) is 13.2 Å². The van der Waals surface area contributed by atoms with E-state index < -0.39 is 18.1 Å². The summed E-state index contributed by atoms with van der Waals surface area (Å²) in [4.78, 5) is 13.4. The van der Waals surface area contributed by atoms with Crippen LogP contribution >= 0.6 is 0 Å². The van der Waals surface area contributed by atoms with Gasteiger partial charge in [0.05, 0.1) is 12.0 Å². The number of carbonyl (C=O) groups excluding carboxylic acids is 1. The number of halogens is 3. The van der Waals surface area contributed by atoms with Gasteiger partial charge >= 0.3 is 6.18 Å². The molecule has 1 rings (SSSR count). The fraction of sp³-hybridized carbons (Fsp3) is 0.923. The summed E-state index contributed by atoms with van der Waals surface area (Å²) in [5, 5.41) is 2.82. The van der Waals surface area contributed by atoms with Crippen molar-refractivity contribution in [3.05, 3.63) is 0 Å². The molecule has 0 aliphatic carbocycles. The number of nitrogens with zero attached hydrogens (tertiary/aromatic N) is 1. The molecule has 20 heavy (non-hydrogen) atoms. The highest BCUT2D eigenvalue weighted by molar-refractivity contribution is 5.82. The van der Waals surface area contributed by atoms with Gasteiger partial charge in [0.15, 0.2) is 0 Å². The average Bonchev–Trinajstić information content (AvgIpc) is 2.80. The normalized spacial score (nSPS) is 23.6. The summed E-state index contributed by atoms with van der Waals surface area (Å²) >= 11 is 0. The van der Waals surface area contributed by atoms with Crippen LogP contribution in [0, 0.1) is 11.3 Å². The Morgan fingerprint density at radius 3 is 2.60 bits per heavy atom. The molecule has 1 amide bonds. The molecule has 2 unspecified atom stereocenters. The quantitative estimate of drug-likeness (QED) is 0.778. The molecule has 1 saturated heterocycles. The standard InChI is InChI=1S/C13H24F3N3O/c1-3-12(2,8-17)11(20)18-6-10-4-5-19(7-10)9-13(14,15)16/h10H,3-9,17H2,1-2H3,(H,18,20). The second kappa shape index (κ2) is 6.76. The van der Waals surface area contributed by atoms with Crippen molar-refractivity contribution in [1.82, 2.24) is 10.2 Å². The van der Waals surface area contributed by atoms with Crippen LogP contribution in [-0.2, 0) is 4.79 Å². The van der Waals surface area contributed by atoms with Gasteiger partial charge in [0.1, 0.15) is 0 Å². The molecule has 7 heteroatoms. The van der Waals surface area contributed by atoms with Gasteiger partial charge in [0.2, 0.25) is 5.91 Å². The van der Waals surface area contributed by atoms with E-state index >= 15 is 0 Å². The van der Waals surface area contributed by atoms with Crippen LogP contribution in [0.15, 0.2) is 0 Å². The van der Waals surface area contributed by atoms with Crippen molar-refractivity contribution >= 4 is 5.91 Å². The van der Waals surface area contributed by atoms with Crippen LogP contribution in [0.3, 0.4) is 0 Å². The van der Waals surface area contributed by atoms with E-state index in [4.69, 9.17) is 5.73 Å². The second-order valence-electron chi connectivity index (χ2n) is 5.83. The summed E-state index contributed by atoms with van der Waals surface area (Å²) in [5.74, 6) is -0.0306. The third-order valence-corrected chi connectivity index (χ3v) is 4.10. The highest BCUT2D eigenvalue weighted by Gasteiger charge is 2.35. The zero-order valence-corrected chi connectivity index (χ0v) is 12.1. The molecular formula is C13H24F3N3O. The summed E-state index contributed by atoms with van der Waals surface area (Å²) in [6.45, 7) is 4.32. The van der Waals surface area contributed by atoms with E-state index in [0.29, 0.717) is 32.5 Å². The minimum Gasteiger partial charge on any atom is -0.355 e. The molecule has 1 fully saturated rings. The second-order valence-corrected chi connectivity index (χ2v) is 5.83. The third kappa shape index (κ3) is 4.94. The van der Waals surface area contributed by atoms with E-state index in [2.05, 4.69) is 5.32 Å². The van der Waals surface area contributed by atoms with Crippen molar-refractivity contribution in [3.63, 3.8) is 0 Å². The SMILES string of the molecule is CCC(C)(CN)C(=O)NCC1CCN(CC(F)(F)F)C1. The van der Waals surface area contributed by atoms with Crippen molar-refractivity contribution in [2.45, 2.75) is 32.9 Å². The molecule has 0 bridgehead atoms. The summed E-state index contributed by atoms with van der Waals surface area (Å²) < 4.78 is 36.8. The Balaban J connectivity index is 2.36. The maximum atomic E-state index is 12.3. The maximum absolute atomic E-state index is 12.3. The first-order valence-electron chi connectivity index (χ1n) is 6.97. The highest BCUT2D eigenvalue weighted by atomic mass is 19.4. The molecule has 1 aliphatic rings. The van der Waals surface area contributed by atoms with Gasteiger partial charge in [-0.05, 0) is 32.2 Å². The maximum Gasteiger partial charge on any atom is 0.401 e. The summed E-state index contributed by atoms with van der Waals surface area (Å²) in [6.07, 6.45) is -2.83. The smallest absolute Gasteiger partial charge is 0.355 e. The first-order valence-corrected chi connectivity index (χ1v) is 6.97. The fourth-order valence-electron chi connectivity index (χ4n) is 2.32. The molecule has 0 aromatic rings. The Morgan fingerprint density at radius 1 is 1.45 bits per heavy atom. The number of amides is 1. The molecule has 2 atom stereocenters. The van der Waals surface area contributed by atoms with Gasteiger partial charge in [0, 0.05) is 19.6 Å².